The molecule has 704 valence electrons. The first kappa shape index (κ1) is 93.4. The van der Waals surface area contributed by atoms with Crippen molar-refractivity contribution < 1.29 is 18.3 Å². The van der Waals surface area contributed by atoms with E-state index < -0.39 is 29.8 Å². The smallest absolute Gasteiger partial charge is 0.277 e. The molecule has 0 spiro atoms. The van der Waals surface area contributed by atoms with Crippen LogP contribution in [0.25, 0.3) is 77.9 Å². The van der Waals surface area contributed by atoms with Crippen molar-refractivity contribution in [3.05, 3.63) is 607 Å². The molecule has 16 heteroatoms. The molecule has 4 aliphatic rings. The largest absolute Gasteiger partial charge is 0.301 e. The van der Waals surface area contributed by atoms with Gasteiger partial charge in [0.15, 0.2) is 0 Å². The number of rotatable bonds is 19. The van der Waals surface area contributed by atoms with Crippen molar-refractivity contribution in [2.24, 2.45) is 0 Å². The zero-order valence-electron chi connectivity index (χ0n) is 79.7. The van der Waals surface area contributed by atoms with Crippen molar-refractivity contribution >= 4 is 119 Å². The average Bonchev–Trinajstić information content (AvgIpc) is 1.55. The first-order chi connectivity index (χ1) is 72.0. The molecule has 0 amide bonds. The summed E-state index contributed by atoms with van der Waals surface area (Å²) in [5.41, 5.74) is 26.0. The molecular weight excluding hydrogens is 1860 g/mol. The maximum absolute atomic E-state index is 17.0. The predicted molar refractivity (Wildman–Crippen MR) is 614 cm³/mol. The van der Waals surface area contributed by atoms with E-state index in [1.807, 2.05) is 353 Å². The standard InChI is InChI=1S/C48H35N2OP.C36H27N2OP.C26H21N2OP.C20H17N2OP/c51-52(46-34-42(38-21-9-3-10-22-38)31-43(35-46)39-23-11-4-12-24-39)49(44-27-15-25-40(32-44)36-17-5-1-6-18-36)47-29-13-14-30-48(47)50(52)45-28-16-26-41(33-45)37-19-7-2-8-20-37;39-40(34-22-8-3-9-23-34)37(32-20-12-18-30(26-32)28-14-4-1-5-15-28)35-24-10-11-25-36(35)38(40)33-21-13-19-31(27-33)29-16-6-2-7-17-29;29-30(26-18-16-23(17-19-26)22-10-4-1-5-11-22)27(24-12-6-2-7-13-24)20-21-28(30)25-14-8-3-9-15-25;23-24(20-14-8-3-9-15-20)21(18-10-4-1-5-11-18)16-17-22(24)19-12-6-2-7-13-19/h1-35H;1-27H;1-21H;1-17H. The molecule has 12 nitrogen and oxygen atoms in total. The maximum atomic E-state index is 17.0. The van der Waals surface area contributed by atoms with Crippen molar-refractivity contribution in [2.45, 2.75) is 0 Å². The van der Waals surface area contributed by atoms with Gasteiger partial charge >= 0.3 is 29.8 Å². The minimum absolute atomic E-state index is 0.749. The third-order valence-corrected chi connectivity index (χ3v) is 38.1. The third-order valence-electron chi connectivity index (χ3n) is 26.5. The Morgan fingerprint density at radius 2 is 0.288 bits per heavy atom. The monoisotopic (exact) mass is 1960 g/mol. The molecule has 4 aliphatic heterocycles. The van der Waals surface area contributed by atoms with Crippen molar-refractivity contribution in [1.29, 1.82) is 0 Å². The third kappa shape index (κ3) is 18.4. The number of benzene rings is 21. The second-order valence-corrected chi connectivity index (χ2v) is 45.2. The van der Waals surface area contributed by atoms with Crippen LogP contribution in [0, 0.1) is 0 Å². The first-order valence-corrected chi connectivity index (χ1v) is 55.1. The summed E-state index contributed by atoms with van der Waals surface area (Å²) < 4.78 is 77.8. The molecule has 0 saturated heterocycles. The lowest BCUT2D eigenvalue weighted by Gasteiger charge is -2.34. The average molecular weight is 1960 g/mol. The molecule has 0 bridgehead atoms. The van der Waals surface area contributed by atoms with E-state index in [4.69, 9.17) is 0 Å². The highest BCUT2D eigenvalue weighted by atomic mass is 31.2. The Kier molecular flexibility index (Phi) is 26.8. The highest BCUT2D eigenvalue weighted by molar-refractivity contribution is 7.77. The van der Waals surface area contributed by atoms with Crippen LogP contribution in [0.4, 0.5) is 68.2 Å². The minimum Gasteiger partial charge on any atom is -0.277 e. The van der Waals surface area contributed by atoms with Crippen LogP contribution < -0.4 is 58.6 Å². The topological polar surface area (TPSA) is 94.2 Å². The summed E-state index contributed by atoms with van der Waals surface area (Å²) in [5, 5.41) is 3.13. The van der Waals surface area contributed by atoms with Gasteiger partial charge in [-0.25, -0.2) is 0 Å². The highest BCUT2D eigenvalue weighted by Crippen LogP contribution is 2.73. The molecule has 0 radical (unpaired) electrons. The number of para-hydroxylation sites is 8. The molecule has 0 aliphatic carbocycles. The summed E-state index contributed by atoms with van der Waals surface area (Å²) in [7, 11) is -13.3. The number of hydrogen-bond acceptors (Lipinski definition) is 4. The van der Waals surface area contributed by atoms with Gasteiger partial charge in [-0.3, -0.25) is 55.6 Å². The van der Waals surface area contributed by atoms with Gasteiger partial charge in [0.05, 0.1) is 66.7 Å². The lowest BCUT2D eigenvalue weighted by atomic mass is 9.99. The summed E-state index contributed by atoms with van der Waals surface area (Å²) in [5.74, 6) is 0. The molecule has 21 aromatic rings. The molecule has 0 aromatic heterocycles. The quantitative estimate of drug-likeness (QED) is 0.0722. The molecule has 146 heavy (non-hydrogen) atoms. The summed E-state index contributed by atoms with van der Waals surface area (Å²) in [6.07, 6.45) is 7.62. The summed E-state index contributed by atoms with van der Waals surface area (Å²) in [6, 6.07) is 196. The van der Waals surface area contributed by atoms with Gasteiger partial charge in [0.2, 0.25) is 0 Å². The lowest BCUT2D eigenvalue weighted by Crippen LogP contribution is -2.27. The van der Waals surface area contributed by atoms with Gasteiger partial charge in [0.25, 0.3) is 0 Å². The predicted octanol–water partition coefficient (Wildman–Crippen LogP) is 34.7. The van der Waals surface area contributed by atoms with Crippen LogP contribution in [-0.4, -0.2) is 0 Å². The van der Waals surface area contributed by atoms with E-state index in [1.54, 1.807) is 0 Å². The van der Waals surface area contributed by atoms with Crippen molar-refractivity contribution in [2.75, 3.05) is 37.4 Å². The number of hydrogen-bond donors (Lipinski definition) is 0. The number of nitrogens with zero attached hydrogens (tertiary/aromatic N) is 8. The Labute approximate surface area is 853 Å². The van der Waals surface area contributed by atoms with E-state index in [-0.39, 0.29) is 0 Å². The van der Waals surface area contributed by atoms with Crippen LogP contribution in [-0.2, 0) is 18.3 Å². The SMILES string of the molecule is O=P1(c2cc(-c3ccccc3)cc(-c3ccccc3)c2)N(c2cccc(-c3ccccc3)c2)c2ccccc2N1c1cccc(-c2ccccc2)c1.O=P1(c2ccc(-c3ccccc3)cc2)N(c2ccccc2)C=CN1c1ccccc1.O=P1(c2ccccc2)N(c2cccc(-c3ccccc3)c2)c2ccccc2N1c1cccc(-c2ccccc2)c1.O=P1(c2ccccc2)N(c2ccccc2)C=CN1c1ccccc1. The Morgan fingerprint density at radius 1 is 0.116 bits per heavy atom. The van der Waals surface area contributed by atoms with E-state index >= 15 is 9.13 Å². The molecule has 0 atom stereocenters. The fraction of sp³-hybridized carbons (Fsp3) is 0. The molecule has 4 heterocycles. The van der Waals surface area contributed by atoms with Gasteiger partial charge in [0, 0.05) is 47.5 Å². The molecule has 21 aromatic carbocycles. The van der Waals surface area contributed by atoms with Gasteiger partial charge in [-0.2, -0.15) is 0 Å². The molecule has 25 rings (SSSR count). The fourth-order valence-corrected chi connectivity index (χ4v) is 30.9. The highest BCUT2D eigenvalue weighted by Gasteiger charge is 2.52. The first-order valence-electron chi connectivity index (χ1n) is 48.7. The van der Waals surface area contributed by atoms with Gasteiger partial charge < -0.3 is 0 Å². The van der Waals surface area contributed by atoms with Crippen molar-refractivity contribution in [1.82, 2.24) is 0 Å². The van der Waals surface area contributed by atoms with Gasteiger partial charge in [0.1, 0.15) is 0 Å². The minimum atomic E-state index is -3.72. The molecule has 0 N–H and O–H groups in total. The maximum Gasteiger partial charge on any atom is 0.301 e. The zero-order valence-corrected chi connectivity index (χ0v) is 83.3. The Hall–Kier alpha value is -17.6. The van der Waals surface area contributed by atoms with E-state index in [2.05, 4.69) is 292 Å². The second-order valence-electron chi connectivity index (χ2n) is 35.5. The van der Waals surface area contributed by atoms with E-state index in [1.165, 1.54) is 0 Å². The number of anilines is 12. The number of fused-ring (bicyclic) bond motifs is 2. The van der Waals surface area contributed by atoms with Crippen molar-refractivity contribution in [3.63, 3.8) is 0 Å². The summed E-state index contributed by atoms with van der Waals surface area (Å²) >= 11 is 0. The van der Waals surface area contributed by atoms with Crippen LogP contribution in [0.15, 0.2) is 607 Å². The Morgan fingerprint density at radius 3 is 0.534 bits per heavy atom. The Bertz CT molecular complexity index is 8010. The van der Waals surface area contributed by atoms with Gasteiger partial charge in [-0.15, -0.1) is 0 Å². The van der Waals surface area contributed by atoms with Crippen LogP contribution in [0.5, 0.6) is 0 Å². The summed E-state index contributed by atoms with van der Waals surface area (Å²) in [6.45, 7) is 0. The van der Waals surface area contributed by atoms with E-state index in [0.29, 0.717) is 0 Å². The van der Waals surface area contributed by atoms with Gasteiger partial charge in [-0.05, 0) is 254 Å². The Balaban J connectivity index is 0.000000115. The van der Waals surface area contributed by atoms with Gasteiger partial charge in [-0.1, -0.05) is 406 Å². The van der Waals surface area contributed by atoms with Crippen molar-refractivity contribution in [3.8, 4) is 77.9 Å². The van der Waals surface area contributed by atoms with Crippen LogP contribution in [0.1, 0.15) is 0 Å². The fourth-order valence-electron chi connectivity index (χ4n) is 19.6. The van der Waals surface area contributed by atoms with Crippen LogP contribution in [0.2, 0.25) is 0 Å². The van der Waals surface area contributed by atoms with Crippen LogP contribution in [0.3, 0.4) is 0 Å². The molecule has 0 fully saturated rings. The molecule has 0 unspecified atom stereocenters. The van der Waals surface area contributed by atoms with E-state index in [9.17, 15) is 9.13 Å². The molecular formula is C130H100N8O4P4. The van der Waals surface area contributed by atoms with Crippen LogP contribution >= 0.6 is 29.8 Å². The second kappa shape index (κ2) is 41.9. The zero-order chi connectivity index (χ0) is 98.6. The van der Waals surface area contributed by atoms with E-state index in [0.717, 1.165) is 167 Å². The molecule has 0 saturated carbocycles. The lowest BCUT2D eigenvalue weighted by molar-refractivity contribution is 0.581. The summed E-state index contributed by atoms with van der Waals surface area (Å²) in [4.78, 5) is 0. The normalized spacial score (nSPS) is 14.1.